The number of fused-ring (bicyclic) bond motifs is 1. The van der Waals surface area contributed by atoms with Crippen LogP contribution in [0.1, 0.15) is 38.3 Å². The molecule has 1 aliphatic rings. The van der Waals surface area contributed by atoms with Crippen LogP contribution in [0.4, 0.5) is 5.69 Å². The predicted octanol–water partition coefficient (Wildman–Crippen LogP) is 3.55. The molecule has 0 aliphatic carbocycles. The second kappa shape index (κ2) is 5.02. The lowest BCUT2D eigenvalue weighted by Gasteiger charge is -2.30. The summed E-state index contributed by atoms with van der Waals surface area (Å²) in [5, 5.41) is 8.86. The number of nitrogens with zero attached hydrogens (tertiary/aromatic N) is 2. The third kappa shape index (κ3) is 3.04. The second-order valence-electron chi connectivity index (χ2n) is 6.38. The fourth-order valence-electron chi connectivity index (χ4n) is 2.70. The lowest BCUT2D eigenvalue weighted by molar-refractivity contribution is 0.411. The van der Waals surface area contributed by atoms with E-state index in [1.54, 1.807) is 0 Å². The van der Waals surface area contributed by atoms with Crippen molar-refractivity contribution < 1.29 is 0 Å². The van der Waals surface area contributed by atoms with E-state index in [1.165, 1.54) is 16.8 Å². The van der Waals surface area contributed by atoms with Gasteiger partial charge in [0.15, 0.2) is 0 Å². The normalized spacial score (nSPS) is 15.1. The highest BCUT2D eigenvalue weighted by atomic mass is 15.1. The van der Waals surface area contributed by atoms with E-state index in [0.29, 0.717) is 12.0 Å². The van der Waals surface area contributed by atoms with E-state index in [4.69, 9.17) is 5.26 Å². The average Bonchev–Trinajstić information content (AvgIpc) is 2.27. The molecule has 1 heterocycles. The molecule has 0 bridgehead atoms. The molecule has 1 aromatic carbocycles. The van der Waals surface area contributed by atoms with E-state index in [-0.39, 0.29) is 0 Å². The van der Waals surface area contributed by atoms with Crippen molar-refractivity contribution in [2.75, 3.05) is 18.0 Å². The Morgan fingerprint density at radius 3 is 2.78 bits per heavy atom. The Morgan fingerprint density at radius 1 is 1.33 bits per heavy atom. The van der Waals surface area contributed by atoms with Gasteiger partial charge in [0, 0.05) is 12.2 Å². The molecule has 2 heteroatoms. The molecule has 0 atom stereocenters. The Hall–Kier alpha value is -1.49. The highest BCUT2D eigenvalue weighted by Gasteiger charge is 2.18. The van der Waals surface area contributed by atoms with Gasteiger partial charge in [0.1, 0.15) is 6.54 Å². The predicted molar refractivity (Wildman–Crippen MR) is 75.7 cm³/mol. The van der Waals surface area contributed by atoms with Crippen molar-refractivity contribution in [1.29, 1.82) is 5.26 Å². The Bertz CT molecular complexity index is 463. The highest BCUT2D eigenvalue weighted by molar-refractivity contribution is 5.57. The van der Waals surface area contributed by atoms with Crippen molar-refractivity contribution in [3.8, 4) is 6.07 Å². The number of hydrogen-bond acceptors (Lipinski definition) is 2. The molecule has 2 rings (SSSR count). The van der Waals surface area contributed by atoms with Crippen LogP contribution in [0, 0.1) is 16.7 Å². The lowest BCUT2D eigenvalue weighted by atomic mass is 9.86. The molecule has 1 aliphatic heterocycles. The molecule has 96 valence electrons. The zero-order chi connectivity index (χ0) is 13.2. The summed E-state index contributed by atoms with van der Waals surface area (Å²) in [6, 6.07) is 9.02. The Labute approximate surface area is 110 Å². The van der Waals surface area contributed by atoms with Crippen molar-refractivity contribution in [3.05, 3.63) is 29.3 Å². The van der Waals surface area contributed by atoms with Crippen LogP contribution < -0.4 is 4.90 Å². The highest BCUT2D eigenvalue weighted by Crippen LogP contribution is 2.30. The minimum absolute atomic E-state index is 0.329. The minimum atomic E-state index is 0.329. The number of rotatable bonds is 2. The molecule has 0 N–H and O–H groups in total. The summed E-state index contributed by atoms with van der Waals surface area (Å²) in [5.74, 6) is 0. The van der Waals surface area contributed by atoms with Gasteiger partial charge in [-0.15, -0.1) is 0 Å². The number of aryl methyl sites for hydroxylation is 1. The first-order chi connectivity index (χ1) is 8.49. The van der Waals surface area contributed by atoms with Crippen LogP contribution in [0.3, 0.4) is 0 Å². The van der Waals surface area contributed by atoms with Gasteiger partial charge in [-0.05, 0) is 41.9 Å². The quantitative estimate of drug-likeness (QED) is 0.742. The maximum Gasteiger partial charge on any atom is 0.105 e. The van der Waals surface area contributed by atoms with Crippen LogP contribution in [0.15, 0.2) is 18.2 Å². The first kappa shape index (κ1) is 13.0. The molecular formula is C16H22N2. The smallest absolute Gasteiger partial charge is 0.105 e. The van der Waals surface area contributed by atoms with E-state index < -0.39 is 0 Å². The molecule has 0 fully saturated rings. The fraction of sp³-hybridized carbons (Fsp3) is 0.562. The minimum Gasteiger partial charge on any atom is -0.358 e. The summed E-state index contributed by atoms with van der Waals surface area (Å²) in [6.45, 7) is 8.34. The molecule has 0 radical (unpaired) electrons. The molecular weight excluding hydrogens is 220 g/mol. The van der Waals surface area contributed by atoms with Gasteiger partial charge in [-0.3, -0.25) is 0 Å². The molecule has 0 aromatic heterocycles. The summed E-state index contributed by atoms with van der Waals surface area (Å²) in [4.78, 5) is 2.19. The van der Waals surface area contributed by atoms with E-state index in [2.05, 4.69) is 49.9 Å². The summed E-state index contributed by atoms with van der Waals surface area (Å²) < 4.78 is 0. The van der Waals surface area contributed by atoms with Crippen LogP contribution in [-0.2, 0) is 12.8 Å². The van der Waals surface area contributed by atoms with Gasteiger partial charge in [0.25, 0.3) is 0 Å². The molecule has 0 unspecified atom stereocenters. The Kier molecular flexibility index (Phi) is 3.61. The van der Waals surface area contributed by atoms with Gasteiger partial charge in [-0.2, -0.15) is 5.26 Å². The van der Waals surface area contributed by atoms with Gasteiger partial charge in [-0.1, -0.05) is 32.9 Å². The number of benzene rings is 1. The molecule has 0 saturated heterocycles. The van der Waals surface area contributed by atoms with Crippen LogP contribution >= 0.6 is 0 Å². The number of nitriles is 1. The maximum atomic E-state index is 8.86. The van der Waals surface area contributed by atoms with Gasteiger partial charge in [0.2, 0.25) is 0 Å². The van der Waals surface area contributed by atoms with Crippen molar-refractivity contribution in [3.63, 3.8) is 0 Å². The maximum absolute atomic E-state index is 8.86. The third-order valence-electron chi connectivity index (χ3n) is 3.35. The molecule has 0 spiro atoms. The van der Waals surface area contributed by atoms with Crippen molar-refractivity contribution >= 4 is 5.69 Å². The number of anilines is 1. The van der Waals surface area contributed by atoms with Crippen molar-refractivity contribution in [2.45, 2.75) is 40.0 Å². The standard InChI is InChI=1S/C16H22N2/c1-16(2,3)12-13-6-7-15-14(11-13)5-4-9-18(15)10-8-17/h6-7,11H,4-5,9-10,12H2,1-3H3. The Morgan fingerprint density at radius 2 is 2.11 bits per heavy atom. The topological polar surface area (TPSA) is 27.0 Å². The van der Waals surface area contributed by atoms with E-state index in [9.17, 15) is 0 Å². The van der Waals surface area contributed by atoms with Crippen LogP contribution in [-0.4, -0.2) is 13.1 Å². The summed E-state index contributed by atoms with van der Waals surface area (Å²) >= 11 is 0. The molecule has 2 nitrogen and oxygen atoms in total. The largest absolute Gasteiger partial charge is 0.358 e. The first-order valence-corrected chi connectivity index (χ1v) is 6.73. The van der Waals surface area contributed by atoms with Crippen molar-refractivity contribution in [1.82, 2.24) is 0 Å². The van der Waals surface area contributed by atoms with Gasteiger partial charge in [0.05, 0.1) is 6.07 Å². The molecule has 0 saturated carbocycles. The van der Waals surface area contributed by atoms with Crippen LogP contribution in [0.25, 0.3) is 0 Å². The first-order valence-electron chi connectivity index (χ1n) is 6.73. The molecule has 18 heavy (non-hydrogen) atoms. The SMILES string of the molecule is CC(C)(C)Cc1ccc2c(c1)CCCN2CC#N. The van der Waals surface area contributed by atoms with Crippen molar-refractivity contribution in [2.24, 2.45) is 5.41 Å². The monoisotopic (exact) mass is 242 g/mol. The zero-order valence-corrected chi connectivity index (χ0v) is 11.7. The Balaban J connectivity index is 2.24. The number of hydrogen-bond donors (Lipinski definition) is 0. The van der Waals surface area contributed by atoms with E-state index >= 15 is 0 Å². The fourth-order valence-corrected chi connectivity index (χ4v) is 2.70. The van der Waals surface area contributed by atoms with Crippen LogP contribution in [0.2, 0.25) is 0 Å². The molecule has 0 amide bonds. The van der Waals surface area contributed by atoms with Gasteiger partial charge >= 0.3 is 0 Å². The summed E-state index contributed by atoms with van der Waals surface area (Å²) in [7, 11) is 0. The average molecular weight is 242 g/mol. The van der Waals surface area contributed by atoms with Gasteiger partial charge in [-0.25, -0.2) is 0 Å². The van der Waals surface area contributed by atoms with E-state index in [1.807, 2.05) is 0 Å². The summed E-state index contributed by atoms with van der Waals surface area (Å²) in [6.07, 6.45) is 3.42. The second-order valence-corrected chi connectivity index (χ2v) is 6.38. The third-order valence-corrected chi connectivity index (χ3v) is 3.35. The van der Waals surface area contributed by atoms with E-state index in [0.717, 1.165) is 25.8 Å². The summed E-state index contributed by atoms with van der Waals surface area (Å²) in [5.41, 5.74) is 4.42. The lowest BCUT2D eigenvalue weighted by Crippen LogP contribution is -2.29. The molecule has 1 aromatic rings. The van der Waals surface area contributed by atoms with Gasteiger partial charge < -0.3 is 4.90 Å². The zero-order valence-electron chi connectivity index (χ0n) is 11.7. The van der Waals surface area contributed by atoms with Crippen LogP contribution in [0.5, 0.6) is 0 Å².